The number of pyridine rings is 1. The van der Waals surface area contributed by atoms with Gasteiger partial charge in [0.05, 0.1) is 17.4 Å². The Bertz CT molecular complexity index is 715. The summed E-state index contributed by atoms with van der Waals surface area (Å²) in [6.45, 7) is 1.05. The van der Waals surface area contributed by atoms with E-state index in [0.29, 0.717) is 36.6 Å². The van der Waals surface area contributed by atoms with E-state index < -0.39 is 6.10 Å². The zero-order chi connectivity index (χ0) is 17.1. The van der Waals surface area contributed by atoms with E-state index in [-0.39, 0.29) is 23.1 Å². The Morgan fingerprint density at radius 2 is 2.00 bits per heavy atom. The molecule has 2 heterocycles. The molecule has 0 unspecified atom stereocenters. The highest BCUT2D eigenvalue weighted by atomic mass is 35.5. The number of piperidine rings is 1. The van der Waals surface area contributed by atoms with Crippen molar-refractivity contribution in [2.24, 2.45) is 5.92 Å². The Balaban J connectivity index is 1.64. The van der Waals surface area contributed by atoms with Crippen LogP contribution in [0.25, 0.3) is 0 Å². The van der Waals surface area contributed by atoms with Crippen LogP contribution in [0.15, 0.2) is 42.6 Å². The number of hydrogen-bond donors (Lipinski definition) is 2. The van der Waals surface area contributed by atoms with E-state index in [4.69, 9.17) is 11.6 Å². The number of aliphatic hydroxyl groups excluding tert-OH is 1. The minimum absolute atomic E-state index is 0.0666. The lowest BCUT2D eigenvalue weighted by molar-refractivity contribution is 0.0446. The van der Waals surface area contributed by atoms with Gasteiger partial charge in [0.25, 0.3) is 5.91 Å². The molecule has 0 spiro atoms. The van der Waals surface area contributed by atoms with Crippen LogP contribution in [0.4, 0.5) is 0 Å². The molecule has 1 saturated heterocycles. The van der Waals surface area contributed by atoms with Crippen molar-refractivity contribution in [2.45, 2.75) is 18.9 Å². The fourth-order valence-corrected chi connectivity index (χ4v) is 3.23. The quantitative estimate of drug-likeness (QED) is 0.896. The number of likely N-dealkylation sites (tertiary alicyclic amines) is 1. The Morgan fingerprint density at radius 1 is 1.25 bits per heavy atom. The average Bonchev–Trinajstić information content (AvgIpc) is 2.63. The van der Waals surface area contributed by atoms with E-state index in [1.807, 2.05) is 18.2 Å². The number of halogens is 1. The van der Waals surface area contributed by atoms with Gasteiger partial charge in [0, 0.05) is 24.3 Å². The second-order valence-corrected chi connectivity index (χ2v) is 6.43. The predicted molar refractivity (Wildman–Crippen MR) is 90.9 cm³/mol. The standard InChI is InChI=1S/C18H19ClN2O3/c19-13-4-5-16(22)14(11-13)18(24)21-9-6-12(7-10-21)17(23)15-3-1-2-8-20-15/h1-5,8,11-12,17,22-23H,6-7,9-10H2/t17-/m1/s1. The highest BCUT2D eigenvalue weighted by molar-refractivity contribution is 6.31. The molecule has 0 aliphatic carbocycles. The van der Waals surface area contributed by atoms with Gasteiger partial charge in [-0.15, -0.1) is 0 Å². The molecule has 1 aromatic heterocycles. The third-order valence-electron chi connectivity index (χ3n) is 4.45. The van der Waals surface area contributed by atoms with Crippen molar-refractivity contribution in [3.05, 3.63) is 58.9 Å². The lowest BCUT2D eigenvalue weighted by Gasteiger charge is -2.34. The predicted octanol–water partition coefficient (Wildman–Crippen LogP) is 3.03. The molecule has 1 fully saturated rings. The Morgan fingerprint density at radius 3 is 2.67 bits per heavy atom. The summed E-state index contributed by atoms with van der Waals surface area (Å²) in [6.07, 6.45) is 2.41. The van der Waals surface area contributed by atoms with Gasteiger partial charge in [0.1, 0.15) is 5.75 Å². The summed E-state index contributed by atoms with van der Waals surface area (Å²) < 4.78 is 0. The number of carbonyl (C=O) groups excluding carboxylic acids is 1. The van der Waals surface area contributed by atoms with Crippen molar-refractivity contribution in [2.75, 3.05) is 13.1 Å². The van der Waals surface area contributed by atoms with Crippen molar-refractivity contribution in [3.63, 3.8) is 0 Å². The largest absolute Gasteiger partial charge is 0.507 e. The summed E-state index contributed by atoms with van der Waals surface area (Å²) >= 11 is 5.91. The molecule has 6 heteroatoms. The van der Waals surface area contributed by atoms with Gasteiger partial charge in [-0.3, -0.25) is 9.78 Å². The minimum Gasteiger partial charge on any atom is -0.507 e. The summed E-state index contributed by atoms with van der Waals surface area (Å²) in [6, 6.07) is 9.93. The van der Waals surface area contributed by atoms with E-state index in [9.17, 15) is 15.0 Å². The number of aliphatic hydroxyl groups is 1. The first-order chi connectivity index (χ1) is 11.6. The third-order valence-corrected chi connectivity index (χ3v) is 4.69. The van der Waals surface area contributed by atoms with Crippen molar-refractivity contribution in [1.29, 1.82) is 0 Å². The highest BCUT2D eigenvalue weighted by Crippen LogP contribution is 2.31. The number of rotatable bonds is 3. The van der Waals surface area contributed by atoms with Crippen LogP contribution in [0.1, 0.15) is 35.0 Å². The van der Waals surface area contributed by atoms with Crippen LogP contribution in [0.3, 0.4) is 0 Å². The molecule has 126 valence electrons. The summed E-state index contributed by atoms with van der Waals surface area (Å²) in [5.41, 5.74) is 0.876. The molecule has 24 heavy (non-hydrogen) atoms. The number of aromatic hydroxyl groups is 1. The zero-order valence-corrected chi connectivity index (χ0v) is 13.9. The SMILES string of the molecule is O=C(c1cc(Cl)ccc1O)N1CCC([C@@H](O)c2ccccn2)CC1. The van der Waals surface area contributed by atoms with Crippen molar-refractivity contribution in [3.8, 4) is 5.75 Å². The maximum Gasteiger partial charge on any atom is 0.257 e. The van der Waals surface area contributed by atoms with E-state index in [1.54, 1.807) is 17.2 Å². The molecule has 2 aromatic rings. The summed E-state index contributed by atoms with van der Waals surface area (Å²) in [4.78, 5) is 18.4. The van der Waals surface area contributed by atoms with Crippen LogP contribution in [-0.2, 0) is 0 Å². The number of hydrogen-bond acceptors (Lipinski definition) is 4. The number of aromatic nitrogens is 1. The summed E-state index contributed by atoms with van der Waals surface area (Å²) in [5, 5.41) is 20.7. The summed E-state index contributed by atoms with van der Waals surface area (Å²) in [5.74, 6) is -0.238. The molecule has 2 N–H and O–H groups in total. The molecule has 1 amide bonds. The van der Waals surface area contributed by atoms with Gasteiger partial charge in [0.15, 0.2) is 0 Å². The normalized spacial score (nSPS) is 16.8. The molecular weight excluding hydrogens is 328 g/mol. The average molecular weight is 347 g/mol. The second-order valence-electron chi connectivity index (χ2n) is 5.99. The molecule has 5 nitrogen and oxygen atoms in total. The van der Waals surface area contributed by atoms with Crippen LogP contribution >= 0.6 is 11.6 Å². The Hall–Kier alpha value is -2.11. The maximum atomic E-state index is 12.6. The lowest BCUT2D eigenvalue weighted by Crippen LogP contribution is -2.39. The van der Waals surface area contributed by atoms with Gasteiger partial charge in [0.2, 0.25) is 0 Å². The van der Waals surface area contributed by atoms with Gasteiger partial charge in [-0.2, -0.15) is 0 Å². The zero-order valence-electron chi connectivity index (χ0n) is 13.1. The van der Waals surface area contributed by atoms with Gasteiger partial charge in [-0.05, 0) is 49.1 Å². The maximum absolute atomic E-state index is 12.6. The molecule has 0 radical (unpaired) electrons. The van der Waals surface area contributed by atoms with E-state index in [1.165, 1.54) is 12.1 Å². The monoisotopic (exact) mass is 346 g/mol. The van der Waals surface area contributed by atoms with Crippen molar-refractivity contribution in [1.82, 2.24) is 9.88 Å². The lowest BCUT2D eigenvalue weighted by atomic mass is 9.89. The van der Waals surface area contributed by atoms with Gasteiger partial charge >= 0.3 is 0 Å². The molecule has 0 bridgehead atoms. The van der Waals surface area contributed by atoms with Crippen molar-refractivity contribution >= 4 is 17.5 Å². The third kappa shape index (κ3) is 3.52. The molecular formula is C18H19ClN2O3. The van der Waals surface area contributed by atoms with Crippen LogP contribution in [0.5, 0.6) is 5.75 Å². The Labute approximate surface area is 145 Å². The minimum atomic E-state index is -0.622. The number of phenols is 1. The molecule has 3 rings (SSSR count). The molecule has 1 aliphatic rings. The molecule has 1 aromatic carbocycles. The number of carbonyl (C=O) groups is 1. The Kier molecular flexibility index (Phi) is 5.02. The van der Waals surface area contributed by atoms with Crippen LogP contribution in [0.2, 0.25) is 5.02 Å². The number of amides is 1. The first-order valence-corrected chi connectivity index (χ1v) is 8.31. The fourth-order valence-electron chi connectivity index (χ4n) is 3.06. The first-order valence-electron chi connectivity index (χ1n) is 7.93. The fraction of sp³-hybridized carbons (Fsp3) is 0.333. The number of benzene rings is 1. The van der Waals surface area contributed by atoms with E-state index in [0.717, 1.165) is 0 Å². The first kappa shape index (κ1) is 16.7. The molecule has 1 aliphatic heterocycles. The van der Waals surface area contributed by atoms with Crippen LogP contribution < -0.4 is 0 Å². The highest BCUT2D eigenvalue weighted by Gasteiger charge is 2.30. The number of phenolic OH excluding ortho intramolecular Hbond substituents is 1. The van der Waals surface area contributed by atoms with E-state index >= 15 is 0 Å². The van der Waals surface area contributed by atoms with Crippen LogP contribution in [-0.4, -0.2) is 39.1 Å². The smallest absolute Gasteiger partial charge is 0.257 e. The van der Waals surface area contributed by atoms with Gasteiger partial charge in [-0.1, -0.05) is 17.7 Å². The van der Waals surface area contributed by atoms with Gasteiger partial charge < -0.3 is 15.1 Å². The summed E-state index contributed by atoms with van der Waals surface area (Å²) in [7, 11) is 0. The van der Waals surface area contributed by atoms with E-state index in [2.05, 4.69) is 4.98 Å². The molecule has 1 atom stereocenters. The van der Waals surface area contributed by atoms with Crippen molar-refractivity contribution < 1.29 is 15.0 Å². The van der Waals surface area contributed by atoms with Gasteiger partial charge in [-0.25, -0.2) is 0 Å². The van der Waals surface area contributed by atoms with Crippen LogP contribution in [0, 0.1) is 5.92 Å². The molecule has 0 saturated carbocycles. The number of nitrogens with zero attached hydrogens (tertiary/aromatic N) is 2. The second kappa shape index (κ2) is 7.20. The topological polar surface area (TPSA) is 73.7 Å².